The second-order valence-electron chi connectivity index (χ2n) is 6.22. The van der Waals surface area contributed by atoms with Gasteiger partial charge in [0.25, 0.3) is 5.91 Å². The van der Waals surface area contributed by atoms with E-state index in [4.69, 9.17) is 14.2 Å². The molecule has 7 nitrogen and oxygen atoms in total. The van der Waals surface area contributed by atoms with Crippen LogP contribution >= 0.6 is 0 Å². The monoisotopic (exact) mass is 371 g/mol. The third-order valence-corrected chi connectivity index (χ3v) is 4.87. The zero-order valence-electron chi connectivity index (χ0n) is 15.6. The molecule has 1 amide bonds. The highest BCUT2D eigenvalue weighted by atomic mass is 16.5. The summed E-state index contributed by atoms with van der Waals surface area (Å²) in [6.07, 6.45) is 0. The first-order valence-electron chi connectivity index (χ1n) is 8.33. The van der Waals surface area contributed by atoms with Crippen LogP contribution in [0, 0.1) is 0 Å². The number of hydrogen-bond acceptors (Lipinski definition) is 5. The summed E-state index contributed by atoms with van der Waals surface area (Å²) in [6, 6.07) is 9.43. The highest BCUT2D eigenvalue weighted by molar-refractivity contribution is 6.00. The van der Waals surface area contributed by atoms with E-state index in [0.717, 1.165) is 0 Å². The first kappa shape index (κ1) is 18.6. The number of carbonyl (C=O) groups is 2. The number of carbonyl (C=O) groups excluding carboxylic acids is 1. The lowest BCUT2D eigenvalue weighted by Gasteiger charge is -2.38. The number of hydrogen-bond donors (Lipinski definition) is 1. The summed E-state index contributed by atoms with van der Waals surface area (Å²) in [5.74, 6) is -0.971. The summed E-state index contributed by atoms with van der Waals surface area (Å²) >= 11 is 0. The van der Waals surface area contributed by atoms with Crippen LogP contribution in [0.2, 0.25) is 0 Å². The Labute approximate surface area is 157 Å². The smallest absolute Gasteiger partial charge is 0.313 e. The average Bonchev–Trinajstić information content (AvgIpc) is 2.68. The van der Waals surface area contributed by atoms with Crippen molar-refractivity contribution in [2.75, 3.05) is 28.4 Å². The molecule has 0 unspecified atom stereocenters. The zero-order valence-corrected chi connectivity index (χ0v) is 15.6. The number of aliphatic carboxylic acids is 1. The van der Waals surface area contributed by atoms with Crippen LogP contribution in [0.3, 0.4) is 0 Å². The molecule has 27 heavy (non-hydrogen) atoms. The Morgan fingerprint density at radius 2 is 1.63 bits per heavy atom. The molecule has 0 radical (unpaired) electrons. The lowest BCUT2D eigenvalue weighted by molar-refractivity contribution is -0.140. The van der Waals surface area contributed by atoms with E-state index < -0.39 is 17.9 Å². The van der Waals surface area contributed by atoms with Crippen molar-refractivity contribution in [2.45, 2.75) is 12.0 Å². The number of likely N-dealkylation sites (N-methyl/N-ethyl adjacent to an activating group) is 1. The number of rotatable bonds is 5. The molecular weight excluding hydrogens is 350 g/mol. The van der Waals surface area contributed by atoms with E-state index in [-0.39, 0.29) is 5.91 Å². The number of methoxy groups -OCH3 is 3. The minimum atomic E-state index is -1.01. The van der Waals surface area contributed by atoms with Gasteiger partial charge < -0.3 is 24.2 Å². The Bertz CT molecular complexity index is 869. The molecule has 2 aromatic rings. The van der Waals surface area contributed by atoms with Gasteiger partial charge in [-0.3, -0.25) is 9.59 Å². The van der Waals surface area contributed by atoms with Gasteiger partial charge in [0.05, 0.1) is 27.4 Å². The van der Waals surface area contributed by atoms with Crippen molar-refractivity contribution in [3.8, 4) is 17.2 Å². The normalized spacial score (nSPS) is 18.7. The maximum absolute atomic E-state index is 12.8. The fraction of sp³-hybridized carbons (Fsp3) is 0.300. The molecule has 142 valence electrons. The second kappa shape index (κ2) is 7.19. The molecular formula is C20H21NO6. The SMILES string of the molecule is COc1cc([C@@H]2[C@H](C(=O)O)c3ccccc3C(=O)N2C)cc(OC)c1OC. The van der Waals surface area contributed by atoms with E-state index in [9.17, 15) is 14.7 Å². The topological polar surface area (TPSA) is 85.3 Å². The molecule has 0 saturated heterocycles. The highest BCUT2D eigenvalue weighted by Gasteiger charge is 2.43. The number of ether oxygens (including phenoxy) is 3. The Morgan fingerprint density at radius 3 is 2.15 bits per heavy atom. The van der Waals surface area contributed by atoms with Crippen LogP contribution in [-0.4, -0.2) is 50.3 Å². The molecule has 7 heteroatoms. The molecule has 1 N–H and O–H groups in total. The van der Waals surface area contributed by atoms with E-state index in [1.807, 2.05) is 0 Å². The Morgan fingerprint density at radius 1 is 1.04 bits per heavy atom. The molecule has 0 spiro atoms. The fourth-order valence-electron chi connectivity index (χ4n) is 3.63. The number of fused-ring (bicyclic) bond motifs is 1. The molecule has 1 aliphatic rings. The van der Waals surface area contributed by atoms with E-state index in [2.05, 4.69) is 0 Å². The predicted molar refractivity (Wildman–Crippen MR) is 97.8 cm³/mol. The summed E-state index contributed by atoms with van der Waals surface area (Å²) < 4.78 is 16.1. The number of amides is 1. The maximum Gasteiger partial charge on any atom is 0.313 e. The molecule has 1 heterocycles. The Kier molecular flexibility index (Phi) is 4.94. The summed E-state index contributed by atoms with van der Waals surface area (Å²) in [7, 11) is 6.07. The van der Waals surface area contributed by atoms with Gasteiger partial charge in [0, 0.05) is 12.6 Å². The van der Waals surface area contributed by atoms with Gasteiger partial charge in [-0.05, 0) is 29.3 Å². The maximum atomic E-state index is 12.8. The van der Waals surface area contributed by atoms with Gasteiger partial charge in [0.15, 0.2) is 11.5 Å². The van der Waals surface area contributed by atoms with Crippen molar-refractivity contribution in [3.63, 3.8) is 0 Å². The van der Waals surface area contributed by atoms with E-state index in [1.165, 1.54) is 26.2 Å². The lowest BCUT2D eigenvalue weighted by Crippen LogP contribution is -2.42. The van der Waals surface area contributed by atoms with Crippen molar-refractivity contribution in [2.24, 2.45) is 0 Å². The minimum Gasteiger partial charge on any atom is -0.493 e. The Hall–Kier alpha value is -3.22. The van der Waals surface area contributed by atoms with Crippen molar-refractivity contribution in [3.05, 3.63) is 53.1 Å². The zero-order chi connectivity index (χ0) is 19.7. The van der Waals surface area contributed by atoms with Crippen molar-refractivity contribution < 1.29 is 28.9 Å². The number of nitrogens with zero attached hydrogens (tertiary/aromatic N) is 1. The summed E-state index contributed by atoms with van der Waals surface area (Å²) in [6.45, 7) is 0. The van der Waals surface area contributed by atoms with Crippen LogP contribution in [-0.2, 0) is 4.79 Å². The molecule has 2 atom stereocenters. The predicted octanol–water partition coefficient (Wildman–Crippen LogP) is 2.71. The van der Waals surface area contributed by atoms with Gasteiger partial charge in [-0.1, -0.05) is 18.2 Å². The van der Waals surface area contributed by atoms with Gasteiger partial charge in [0.2, 0.25) is 5.75 Å². The van der Waals surface area contributed by atoms with Crippen LogP contribution < -0.4 is 14.2 Å². The third-order valence-electron chi connectivity index (χ3n) is 4.87. The molecule has 2 aromatic carbocycles. The van der Waals surface area contributed by atoms with E-state index >= 15 is 0 Å². The lowest BCUT2D eigenvalue weighted by atomic mass is 9.80. The van der Waals surface area contributed by atoms with Crippen molar-refractivity contribution >= 4 is 11.9 Å². The second-order valence-corrected chi connectivity index (χ2v) is 6.22. The van der Waals surface area contributed by atoms with Crippen molar-refractivity contribution in [1.82, 2.24) is 4.90 Å². The van der Waals surface area contributed by atoms with Crippen LogP contribution in [0.25, 0.3) is 0 Å². The number of carboxylic acid groups (broad SMARTS) is 1. The van der Waals surface area contributed by atoms with Gasteiger partial charge in [-0.15, -0.1) is 0 Å². The summed E-state index contributed by atoms with van der Waals surface area (Å²) in [4.78, 5) is 26.5. The number of benzene rings is 2. The molecule has 0 fully saturated rings. The van der Waals surface area contributed by atoms with Crippen LogP contribution in [0.5, 0.6) is 17.2 Å². The molecule has 1 aliphatic heterocycles. The molecule has 0 aromatic heterocycles. The van der Waals surface area contributed by atoms with E-state index in [1.54, 1.807) is 43.4 Å². The third kappa shape index (κ3) is 2.95. The first-order valence-corrected chi connectivity index (χ1v) is 8.33. The first-order chi connectivity index (χ1) is 12.9. The molecule has 0 bridgehead atoms. The minimum absolute atomic E-state index is 0.234. The van der Waals surface area contributed by atoms with Crippen molar-refractivity contribution in [1.29, 1.82) is 0 Å². The van der Waals surface area contributed by atoms with Crippen LogP contribution in [0.4, 0.5) is 0 Å². The van der Waals surface area contributed by atoms with Gasteiger partial charge in [-0.2, -0.15) is 0 Å². The van der Waals surface area contributed by atoms with Crippen LogP contribution in [0.15, 0.2) is 36.4 Å². The summed E-state index contributed by atoms with van der Waals surface area (Å²) in [5, 5.41) is 9.95. The quantitative estimate of drug-likeness (QED) is 0.870. The highest BCUT2D eigenvalue weighted by Crippen LogP contribution is 2.46. The molecule has 3 rings (SSSR count). The average molecular weight is 371 g/mol. The molecule has 0 aliphatic carbocycles. The largest absolute Gasteiger partial charge is 0.493 e. The number of carboxylic acids is 1. The summed E-state index contributed by atoms with van der Waals surface area (Å²) in [5.41, 5.74) is 1.48. The Balaban J connectivity index is 2.23. The van der Waals surface area contributed by atoms with Gasteiger partial charge in [0.1, 0.15) is 5.92 Å². The standard InChI is InChI=1S/C20H21NO6/c1-21-17(11-9-14(25-2)18(27-4)15(10-11)26-3)16(20(23)24)12-7-5-6-8-13(12)19(21)22/h5-10,16-17H,1-4H3,(H,23,24)/t16-,17-/m1/s1. The van der Waals surface area contributed by atoms with Crippen LogP contribution in [0.1, 0.15) is 33.4 Å². The van der Waals surface area contributed by atoms with E-state index in [0.29, 0.717) is 33.9 Å². The van der Waals surface area contributed by atoms with Gasteiger partial charge in [-0.25, -0.2) is 0 Å². The van der Waals surface area contributed by atoms with Gasteiger partial charge >= 0.3 is 5.97 Å². The molecule has 0 saturated carbocycles. The fourth-order valence-corrected chi connectivity index (χ4v) is 3.63.